The molecule has 0 spiro atoms. The van der Waals surface area contributed by atoms with E-state index in [1.165, 1.54) is 11.0 Å². The number of hydrogen-bond donors (Lipinski definition) is 0. The fourth-order valence-electron chi connectivity index (χ4n) is 2.55. The van der Waals surface area contributed by atoms with Crippen LogP contribution in [0.5, 0.6) is 0 Å². The number of aryl methyl sites for hydroxylation is 1. The Morgan fingerprint density at radius 3 is 2.82 bits per heavy atom. The van der Waals surface area contributed by atoms with E-state index in [9.17, 15) is 4.39 Å². The van der Waals surface area contributed by atoms with Crippen LogP contribution >= 0.6 is 11.8 Å². The second kappa shape index (κ2) is 6.53. The molecule has 3 aromatic rings. The topological polar surface area (TPSA) is 17.8 Å². The molecule has 0 bridgehead atoms. The number of thioether (sulfide) groups is 1. The third-order valence-electron chi connectivity index (χ3n) is 3.61. The Bertz CT molecular complexity index is 795. The van der Waals surface area contributed by atoms with E-state index in [1.54, 1.807) is 12.1 Å². The highest BCUT2D eigenvalue weighted by Crippen LogP contribution is 2.25. The molecule has 0 atom stereocenters. The summed E-state index contributed by atoms with van der Waals surface area (Å²) in [6.07, 6.45) is 1.16. The molecule has 0 amide bonds. The van der Waals surface area contributed by atoms with Crippen molar-refractivity contribution < 1.29 is 4.39 Å². The van der Waals surface area contributed by atoms with E-state index in [2.05, 4.69) is 34.7 Å². The summed E-state index contributed by atoms with van der Waals surface area (Å²) in [4.78, 5) is 5.87. The molecule has 0 N–H and O–H groups in total. The monoisotopic (exact) mass is 314 g/mol. The number of imidazole rings is 1. The van der Waals surface area contributed by atoms with Gasteiger partial charge in [0, 0.05) is 11.4 Å². The van der Waals surface area contributed by atoms with Crippen LogP contribution in [0.1, 0.15) is 24.7 Å². The molecule has 0 saturated carbocycles. The fourth-order valence-corrected chi connectivity index (χ4v) is 3.35. The normalized spacial score (nSPS) is 11.2. The summed E-state index contributed by atoms with van der Waals surface area (Å²) >= 11 is 1.86. The van der Waals surface area contributed by atoms with Crippen LogP contribution in [0, 0.1) is 12.7 Å². The van der Waals surface area contributed by atoms with Gasteiger partial charge in [-0.25, -0.2) is 9.37 Å². The second-order valence-electron chi connectivity index (χ2n) is 5.37. The molecule has 3 rings (SSSR count). The molecule has 1 heterocycles. The minimum absolute atomic E-state index is 0.196. The predicted molar refractivity (Wildman–Crippen MR) is 91.0 cm³/mol. The van der Waals surface area contributed by atoms with Crippen LogP contribution < -0.4 is 0 Å². The quantitative estimate of drug-likeness (QED) is 0.614. The zero-order valence-corrected chi connectivity index (χ0v) is 13.7. The second-order valence-corrected chi connectivity index (χ2v) is 6.54. The average molecular weight is 314 g/mol. The molecule has 0 radical (unpaired) electrons. The number of benzene rings is 2. The highest BCUT2D eigenvalue weighted by atomic mass is 32.2. The Kier molecular flexibility index (Phi) is 4.48. The van der Waals surface area contributed by atoms with E-state index in [1.807, 2.05) is 24.8 Å². The Labute approximate surface area is 134 Å². The van der Waals surface area contributed by atoms with Crippen molar-refractivity contribution in [2.24, 2.45) is 0 Å². The minimum Gasteiger partial charge on any atom is -0.324 e. The molecular formula is C18H19FN2S. The molecule has 0 unspecified atom stereocenters. The van der Waals surface area contributed by atoms with Crippen LogP contribution in [-0.4, -0.2) is 15.3 Å². The molecule has 2 nitrogen and oxygen atoms in total. The van der Waals surface area contributed by atoms with Crippen LogP contribution in [0.25, 0.3) is 11.0 Å². The van der Waals surface area contributed by atoms with Gasteiger partial charge in [0.25, 0.3) is 0 Å². The molecular weight excluding hydrogens is 295 g/mol. The summed E-state index contributed by atoms with van der Waals surface area (Å²) in [6.45, 7) is 4.82. The standard InChI is InChI=1S/C18H19FN2S/c1-3-9-22-16-7-8-17-18(11-16)21(13(2)20-17)12-14-5-4-6-15(19)10-14/h4-8,10-11H,3,9,12H2,1-2H3. The first kappa shape index (κ1) is 15.1. The van der Waals surface area contributed by atoms with E-state index in [0.717, 1.165) is 34.6 Å². The molecule has 0 saturated heterocycles. The first-order valence-corrected chi connectivity index (χ1v) is 8.50. The van der Waals surface area contributed by atoms with E-state index in [4.69, 9.17) is 0 Å². The maximum atomic E-state index is 13.4. The lowest BCUT2D eigenvalue weighted by Gasteiger charge is -2.08. The molecule has 1 aromatic heterocycles. The largest absolute Gasteiger partial charge is 0.324 e. The molecule has 0 aliphatic heterocycles. The zero-order valence-electron chi connectivity index (χ0n) is 12.8. The van der Waals surface area contributed by atoms with Crippen molar-refractivity contribution in [3.05, 3.63) is 59.7 Å². The molecule has 22 heavy (non-hydrogen) atoms. The van der Waals surface area contributed by atoms with Gasteiger partial charge in [-0.15, -0.1) is 11.8 Å². The van der Waals surface area contributed by atoms with Crippen molar-refractivity contribution in [3.63, 3.8) is 0 Å². The summed E-state index contributed by atoms with van der Waals surface area (Å²) in [5.74, 6) is 1.87. The molecule has 4 heteroatoms. The molecule has 0 aliphatic carbocycles. The maximum absolute atomic E-state index is 13.4. The van der Waals surface area contributed by atoms with E-state index < -0.39 is 0 Å². The van der Waals surface area contributed by atoms with Gasteiger partial charge in [-0.3, -0.25) is 0 Å². The maximum Gasteiger partial charge on any atom is 0.123 e. The van der Waals surface area contributed by atoms with Crippen LogP contribution in [-0.2, 0) is 6.54 Å². The van der Waals surface area contributed by atoms with Crippen molar-refractivity contribution >= 4 is 22.8 Å². The first-order chi connectivity index (χ1) is 10.7. The summed E-state index contributed by atoms with van der Waals surface area (Å²) in [7, 11) is 0. The third kappa shape index (κ3) is 3.17. The average Bonchev–Trinajstić information content (AvgIpc) is 2.81. The van der Waals surface area contributed by atoms with Gasteiger partial charge >= 0.3 is 0 Å². The smallest absolute Gasteiger partial charge is 0.123 e. The zero-order chi connectivity index (χ0) is 15.5. The summed E-state index contributed by atoms with van der Waals surface area (Å²) < 4.78 is 15.5. The van der Waals surface area contributed by atoms with Crippen molar-refractivity contribution in [3.8, 4) is 0 Å². The minimum atomic E-state index is -0.196. The van der Waals surface area contributed by atoms with Gasteiger partial charge < -0.3 is 4.57 Å². The van der Waals surface area contributed by atoms with Crippen LogP contribution in [0.3, 0.4) is 0 Å². The van der Waals surface area contributed by atoms with Crippen molar-refractivity contribution in [2.45, 2.75) is 31.7 Å². The predicted octanol–water partition coefficient (Wildman–Crippen LogP) is 5.03. The SMILES string of the molecule is CCCSc1ccc2nc(C)n(Cc3cccc(F)c3)c2c1. The van der Waals surface area contributed by atoms with Gasteiger partial charge in [0.1, 0.15) is 11.6 Å². The number of aromatic nitrogens is 2. The third-order valence-corrected chi connectivity index (χ3v) is 4.81. The summed E-state index contributed by atoms with van der Waals surface area (Å²) in [5, 5.41) is 0. The number of fused-ring (bicyclic) bond motifs is 1. The van der Waals surface area contributed by atoms with Gasteiger partial charge in [-0.05, 0) is 55.0 Å². The van der Waals surface area contributed by atoms with Crippen LogP contribution in [0.4, 0.5) is 4.39 Å². The highest BCUT2D eigenvalue weighted by Gasteiger charge is 2.09. The lowest BCUT2D eigenvalue weighted by Crippen LogP contribution is -2.02. The van der Waals surface area contributed by atoms with Crippen LogP contribution in [0.2, 0.25) is 0 Å². The van der Waals surface area contributed by atoms with Crippen LogP contribution in [0.15, 0.2) is 47.4 Å². The number of halogens is 1. The Morgan fingerprint density at radius 2 is 2.05 bits per heavy atom. The van der Waals surface area contributed by atoms with Crippen molar-refractivity contribution in [2.75, 3.05) is 5.75 Å². The van der Waals surface area contributed by atoms with Gasteiger partial charge in [0.15, 0.2) is 0 Å². The molecule has 114 valence electrons. The molecule has 0 fully saturated rings. The van der Waals surface area contributed by atoms with E-state index in [-0.39, 0.29) is 5.82 Å². The van der Waals surface area contributed by atoms with Gasteiger partial charge in [-0.2, -0.15) is 0 Å². The molecule has 0 aliphatic rings. The highest BCUT2D eigenvalue weighted by molar-refractivity contribution is 7.99. The van der Waals surface area contributed by atoms with E-state index in [0.29, 0.717) is 6.54 Å². The fraction of sp³-hybridized carbons (Fsp3) is 0.278. The van der Waals surface area contributed by atoms with Crippen molar-refractivity contribution in [1.29, 1.82) is 0 Å². The lowest BCUT2D eigenvalue weighted by molar-refractivity contribution is 0.623. The summed E-state index contributed by atoms with van der Waals surface area (Å²) in [5.41, 5.74) is 3.06. The van der Waals surface area contributed by atoms with Gasteiger partial charge in [-0.1, -0.05) is 19.1 Å². The van der Waals surface area contributed by atoms with E-state index >= 15 is 0 Å². The Hall–Kier alpha value is -1.81. The Balaban J connectivity index is 1.98. The number of hydrogen-bond acceptors (Lipinski definition) is 2. The number of rotatable bonds is 5. The van der Waals surface area contributed by atoms with Gasteiger partial charge in [0.2, 0.25) is 0 Å². The van der Waals surface area contributed by atoms with Crippen molar-refractivity contribution in [1.82, 2.24) is 9.55 Å². The summed E-state index contributed by atoms with van der Waals surface area (Å²) in [6, 6.07) is 13.1. The van der Waals surface area contributed by atoms with Gasteiger partial charge in [0.05, 0.1) is 11.0 Å². The molecule has 2 aromatic carbocycles. The lowest BCUT2D eigenvalue weighted by atomic mass is 10.2. The Morgan fingerprint density at radius 1 is 1.18 bits per heavy atom. The first-order valence-electron chi connectivity index (χ1n) is 7.51. The number of nitrogens with zero attached hydrogens (tertiary/aromatic N) is 2.